The van der Waals surface area contributed by atoms with Gasteiger partial charge in [0.05, 0.1) is 6.61 Å². The largest absolute Gasteiger partial charge is 0.491 e. The monoisotopic (exact) mass is 303 g/mol. The first-order valence-electron chi connectivity index (χ1n) is 7.56. The van der Waals surface area contributed by atoms with Crippen molar-refractivity contribution < 1.29 is 13.9 Å². The summed E-state index contributed by atoms with van der Waals surface area (Å²) in [5.41, 5.74) is 2.95. The molecule has 0 amide bonds. The number of fused-ring (bicyclic) bond motifs is 1. The van der Waals surface area contributed by atoms with Crippen molar-refractivity contribution in [3.8, 4) is 5.75 Å². The predicted octanol–water partition coefficient (Wildman–Crippen LogP) is 2.09. The van der Waals surface area contributed by atoms with E-state index in [1.807, 2.05) is 19.9 Å². The molecular weight excluding hydrogens is 282 g/mol. The van der Waals surface area contributed by atoms with Crippen molar-refractivity contribution in [2.75, 3.05) is 26.3 Å². The van der Waals surface area contributed by atoms with Gasteiger partial charge in [-0.3, -0.25) is 0 Å². The highest BCUT2D eigenvalue weighted by Gasteiger charge is 2.15. The fourth-order valence-electron chi connectivity index (χ4n) is 2.80. The van der Waals surface area contributed by atoms with Gasteiger partial charge in [-0.1, -0.05) is 0 Å². The summed E-state index contributed by atoms with van der Waals surface area (Å²) in [7, 11) is 0. The van der Waals surface area contributed by atoms with E-state index < -0.39 is 0 Å². The molecule has 2 heterocycles. The highest BCUT2D eigenvalue weighted by molar-refractivity contribution is 5.85. The fraction of sp³-hybridized carbons (Fsp3) is 0.471. The molecule has 5 heteroatoms. The Morgan fingerprint density at radius 2 is 2.09 bits per heavy atom. The Morgan fingerprint density at radius 3 is 2.82 bits per heavy atom. The second kappa shape index (κ2) is 6.10. The van der Waals surface area contributed by atoms with Gasteiger partial charge in [-0.05, 0) is 38.0 Å². The Labute approximate surface area is 129 Å². The van der Waals surface area contributed by atoms with Crippen molar-refractivity contribution in [3.63, 3.8) is 0 Å². The van der Waals surface area contributed by atoms with Crippen LogP contribution in [0.25, 0.3) is 11.0 Å². The fourth-order valence-corrected chi connectivity index (χ4v) is 2.80. The second-order valence-corrected chi connectivity index (χ2v) is 5.76. The molecule has 5 nitrogen and oxygen atoms in total. The van der Waals surface area contributed by atoms with Gasteiger partial charge >= 0.3 is 5.63 Å². The van der Waals surface area contributed by atoms with E-state index in [1.165, 1.54) is 0 Å². The van der Waals surface area contributed by atoms with Gasteiger partial charge < -0.3 is 19.2 Å². The molecule has 0 aliphatic carbocycles. The Bertz CT molecular complexity index is 744. The third-order valence-corrected chi connectivity index (χ3v) is 4.16. The van der Waals surface area contributed by atoms with Crippen molar-refractivity contribution in [1.82, 2.24) is 5.32 Å². The minimum Gasteiger partial charge on any atom is -0.491 e. The van der Waals surface area contributed by atoms with Gasteiger partial charge in [-0.15, -0.1) is 0 Å². The van der Waals surface area contributed by atoms with Crippen LogP contribution in [0.3, 0.4) is 0 Å². The Balaban J connectivity index is 1.88. The number of hydrogen-bond donors (Lipinski definition) is 1. The van der Waals surface area contributed by atoms with Crippen LogP contribution in [0.1, 0.15) is 16.7 Å². The first-order valence-corrected chi connectivity index (χ1v) is 7.56. The number of benzene rings is 1. The maximum Gasteiger partial charge on any atom is 0.339 e. The van der Waals surface area contributed by atoms with Crippen molar-refractivity contribution >= 4 is 11.0 Å². The summed E-state index contributed by atoms with van der Waals surface area (Å²) in [6.07, 6.45) is 0.0523. The van der Waals surface area contributed by atoms with Crippen LogP contribution >= 0.6 is 0 Å². The molecule has 1 aliphatic rings. The summed E-state index contributed by atoms with van der Waals surface area (Å²) in [5.74, 6) is 0.700. The van der Waals surface area contributed by atoms with Crippen molar-refractivity contribution in [3.05, 3.63) is 39.2 Å². The molecule has 1 aromatic carbocycles. The lowest BCUT2D eigenvalue weighted by Gasteiger charge is -2.23. The lowest BCUT2D eigenvalue weighted by molar-refractivity contribution is 0.000196. The van der Waals surface area contributed by atoms with Crippen LogP contribution in [-0.2, 0) is 4.74 Å². The minimum atomic E-state index is -0.290. The highest BCUT2D eigenvalue weighted by Crippen LogP contribution is 2.28. The molecule has 3 rings (SSSR count). The van der Waals surface area contributed by atoms with E-state index in [0.29, 0.717) is 30.1 Å². The van der Waals surface area contributed by atoms with Gasteiger partial charge in [0.1, 0.15) is 24.0 Å². The lowest BCUT2D eigenvalue weighted by atomic mass is 10.0. The van der Waals surface area contributed by atoms with E-state index >= 15 is 0 Å². The molecule has 0 saturated carbocycles. The summed E-state index contributed by atoms with van der Waals surface area (Å²) < 4.78 is 16.8. The molecule has 1 saturated heterocycles. The number of morpholine rings is 1. The summed E-state index contributed by atoms with van der Waals surface area (Å²) in [5, 5.41) is 4.25. The van der Waals surface area contributed by atoms with Crippen molar-refractivity contribution in [1.29, 1.82) is 0 Å². The minimum absolute atomic E-state index is 0.0523. The smallest absolute Gasteiger partial charge is 0.339 e. The van der Waals surface area contributed by atoms with Crippen LogP contribution in [0.2, 0.25) is 0 Å². The molecule has 1 unspecified atom stereocenters. The summed E-state index contributed by atoms with van der Waals surface area (Å²) in [6, 6.07) is 3.76. The van der Waals surface area contributed by atoms with Gasteiger partial charge in [0.2, 0.25) is 0 Å². The zero-order chi connectivity index (χ0) is 15.7. The molecular formula is C17H21NO4. The lowest BCUT2D eigenvalue weighted by Crippen LogP contribution is -2.41. The van der Waals surface area contributed by atoms with Gasteiger partial charge in [-0.25, -0.2) is 4.79 Å². The van der Waals surface area contributed by atoms with E-state index in [0.717, 1.165) is 29.6 Å². The molecule has 0 bridgehead atoms. The Hall–Kier alpha value is -1.85. The predicted molar refractivity (Wildman–Crippen MR) is 84.8 cm³/mol. The second-order valence-electron chi connectivity index (χ2n) is 5.76. The molecule has 1 fully saturated rings. The van der Waals surface area contributed by atoms with Crippen LogP contribution < -0.4 is 15.7 Å². The maximum atomic E-state index is 11.8. The average molecular weight is 303 g/mol. The Morgan fingerprint density at radius 1 is 1.27 bits per heavy atom. The summed E-state index contributed by atoms with van der Waals surface area (Å²) in [4.78, 5) is 11.8. The molecule has 22 heavy (non-hydrogen) atoms. The molecule has 118 valence electrons. The van der Waals surface area contributed by atoms with E-state index in [1.54, 1.807) is 13.0 Å². The van der Waals surface area contributed by atoms with Gasteiger partial charge in [0, 0.05) is 30.1 Å². The summed E-state index contributed by atoms with van der Waals surface area (Å²) in [6.45, 7) is 8.60. The maximum absolute atomic E-state index is 11.8. The zero-order valence-electron chi connectivity index (χ0n) is 13.2. The van der Waals surface area contributed by atoms with Crippen LogP contribution in [0.15, 0.2) is 21.3 Å². The number of aryl methyl sites for hydroxylation is 2. The van der Waals surface area contributed by atoms with E-state index in [-0.39, 0.29) is 11.7 Å². The molecule has 1 atom stereocenters. The van der Waals surface area contributed by atoms with Crippen molar-refractivity contribution in [2.24, 2.45) is 0 Å². The van der Waals surface area contributed by atoms with Gasteiger partial charge in [-0.2, -0.15) is 0 Å². The number of rotatable bonds is 3. The quantitative estimate of drug-likeness (QED) is 0.880. The molecule has 1 aliphatic heterocycles. The summed E-state index contributed by atoms with van der Waals surface area (Å²) >= 11 is 0. The van der Waals surface area contributed by atoms with Crippen molar-refractivity contribution in [2.45, 2.75) is 26.9 Å². The molecule has 1 aromatic heterocycles. The third kappa shape index (κ3) is 2.87. The molecule has 1 N–H and O–H groups in total. The Kier molecular flexibility index (Phi) is 4.18. The van der Waals surface area contributed by atoms with Crippen LogP contribution in [0.4, 0.5) is 0 Å². The first kappa shape index (κ1) is 15.1. The molecule has 0 spiro atoms. The van der Waals surface area contributed by atoms with Crippen LogP contribution in [0.5, 0.6) is 5.75 Å². The van der Waals surface area contributed by atoms with Gasteiger partial charge in [0.25, 0.3) is 0 Å². The van der Waals surface area contributed by atoms with Crippen LogP contribution in [-0.4, -0.2) is 32.4 Å². The average Bonchev–Trinajstić information content (AvgIpc) is 2.51. The molecule has 2 aromatic rings. The van der Waals surface area contributed by atoms with E-state index in [4.69, 9.17) is 13.9 Å². The van der Waals surface area contributed by atoms with E-state index in [2.05, 4.69) is 5.32 Å². The zero-order valence-corrected chi connectivity index (χ0v) is 13.2. The van der Waals surface area contributed by atoms with E-state index in [9.17, 15) is 4.79 Å². The normalized spacial score (nSPS) is 18.6. The molecule has 0 radical (unpaired) electrons. The van der Waals surface area contributed by atoms with Crippen LogP contribution in [0, 0.1) is 20.8 Å². The highest BCUT2D eigenvalue weighted by atomic mass is 16.5. The first-order chi connectivity index (χ1) is 10.6. The number of hydrogen-bond acceptors (Lipinski definition) is 5. The van der Waals surface area contributed by atoms with Gasteiger partial charge in [0.15, 0.2) is 0 Å². The number of nitrogens with one attached hydrogen (secondary N) is 1. The number of ether oxygens (including phenoxy) is 2. The third-order valence-electron chi connectivity index (χ3n) is 4.16. The standard InChI is InChI=1S/C17H21NO4/c1-10-6-13(21-9-14-8-18-4-5-20-14)7-15-16(10)11(2)12(3)17(19)22-15/h6-7,14,18H,4-5,8-9H2,1-3H3. The topological polar surface area (TPSA) is 60.7 Å². The SMILES string of the molecule is Cc1c(C)c2c(C)cc(OCC3CNCCO3)cc2oc1=O.